The number of carbonyl (C=O) groups is 2. The van der Waals surface area contributed by atoms with Crippen LogP contribution in [0.5, 0.6) is 0 Å². The molecule has 6 nitrogen and oxygen atoms in total. The zero-order valence-corrected chi connectivity index (χ0v) is 11.7. The van der Waals surface area contributed by atoms with Crippen molar-refractivity contribution in [1.29, 1.82) is 5.26 Å². The first-order valence-corrected chi connectivity index (χ1v) is 6.23. The van der Waals surface area contributed by atoms with E-state index in [0.717, 1.165) is 0 Å². The van der Waals surface area contributed by atoms with E-state index in [0.29, 0.717) is 17.7 Å². The van der Waals surface area contributed by atoms with Gasteiger partial charge in [0.05, 0.1) is 16.7 Å². The highest BCUT2D eigenvalue weighted by Gasteiger charge is 2.31. The summed E-state index contributed by atoms with van der Waals surface area (Å²) in [6.45, 7) is 5.00. The molecule has 1 unspecified atom stereocenters. The Morgan fingerprint density at radius 2 is 2.15 bits per heavy atom. The third kappa shape index (κ3) is 3.32. The van der Waals surface area contributed by atoms with Crippen molar-refractivity contribution in [2.45, 2.75) is 27.2 Å². The number of pyridine rings is 1. The molecule has 1 atom stereocenters. The van der Waals surface area contributed by atoms with Gasteiger partial charge < -0.3 is 10.4 Å². The fraction of sp³-hybridized carbons (Fsp3) is 0.429. The van der Waals surface area contributed by atoms with Gasteiger partial charge in [0.2, 0.25) is 0 Å². The lowest BCUT2D eigenvalue weighted by Gasteiger charge is -2.23. The minimum Gasteiger partial charge on any atom is -0.481 e. The van der Waals surface area contributed by atoms with Crippen LogP contribution in [-0.4, -0.2) is 28.5 Å². The molecule has 2 N–H and O–H groups in total. The van der Waals surface area contributed by atoms with E-state index in [1.54, 1.807) is 20.8 Å². The molecule has 0 saturated heterocycles. The fourth-order valence-electron chi connectivity index (χ4n) is 1.52. The Bertz CT molecular complexity index is 578. The van der Waals surface area contributed by atoms with Gasteiger partial charge in [0.25, 0.3) is 5.91 Å². The molecule has 20 heavy (non-hydrogen) atoms. The lowest BCUT2D eigenvalue weighted by molar-refractivity contribution is -0.147. The molecule has 0 spiro atoms. The van der Waals surface area contributed by atoms with E-state index < -0.39 is 17.3 Å². The lowest BCUT2D eigenvalue weighted by atomic mass is 9.88. The molecule has 0 saturated carbocycles. The van der Waals surface area contributed by atoms with Gasteiger partial charge in [-0.3, -0.25) is 9.59 Å². The number of carboxylic acids is 1. The number of nitriles is 1. The fourth-order valence-corrected chi connectivity index (χ4v) is 1.52. The van der Waals surface area contributed by atoms with Crippen LogP contribution in [0.3, 0.4) is 0 Å². The van der Waals surface area contributed by atoms with Crippen LogP contribution in [0, 0.1) is 23.7 Å². The summed E-state index contributed by atoms with van der Waals surface area (Å²) in [4.78, 5) is 27.1. The number of aliphatic carboxylic acids is 1. The van der Waals surface area contributed by atoms with Gasteiger partial charge in [-0.2, -0.15) is 5.26 Å². The molecule has 0 fully saturated rings. The number of aromatic nitrogens is 1. The van der Waals surface area contributed by atoms with Gasteiger partial charge in [-0.25, -0.2) is 4.98 Å². The summed E-state index contributed by atoms with van der Waals surface area (Å²) in [5, 5.41) is 20.5. The van der Waals surface area contributed by atoms with Crippen LogP contribution in [0.25, 0.3) is 0 Å². The zero-order valence-electron chi connectivity index (χ0n) is 11.7. The first-order chi connectivity index (χ1) is 9.34. The van der Waals surface area contributed by atoms with Crippen molar-refractivity contribution in [3.8, 4) is 6.07 Å². The molecule has 1 aromatic heterocycles. The molecule has 1 amide bonds. The maximum Gasteiger partial charge on any atom is 0.311 e. The van der Waals surface area contributed by atoms with Crippen LogP contribution < -0.4 is 5.32 Å². The molecule has 1 heterocycles. The molecule has 0 aliphatic heterocycles. The van der Waals surface area contributed by atoms with Crippen molar-refractivity contribution in [3.05, 3.63) is 29.1 Å². The number of hydrogen-bond acceptors (Lipinski definition) is 4. The second kappa shape index (κ2) is 6.15. The van der Waals surface area contributed by atoms with Crippen LogP contribution in [0.15, 0.2) is 12.1 Å². The molecular weight excluding hydrogens is 258 g/mol. The number of nitrogens with one attached hydrogen (secondary N) is 1. The Balaban J connectivity index is 2.80. The molecule has 106 valence electrons. The van der Waals surface area contributed by atoms with Crippen molar-refractivity contribution in [2.75, 3.05) is 6.54 Å². The molecule has 0 radical (unpaired) electrons. The second-order valence-corrected chi connectivity index (χ2v) is 4.84. The SMILES string of the molecule is CCC(C)(CNC(=O)c1ccc(C#N)c(C)n1)C(=O)O. The van der Waals surface area contributed by atoms with Crippen molar-refractivity contribution in [2.24, 2.45) is 5.41 Å². The van der Waals surface area contributed by atoms with Crippen LogP contribution in [0.1, 0.15) is 42.0 Å². The van der Waals surface area contributed by atoms with Gasteiger partial charge in [-0.15, -0.1) is 0 Å². The predicted molar refractivity (Wildman–Crippen MR) is 72.1 cm³/mol. The van der Waals surface area contributed by atoms with E-state index in [4.69, 9.17) is 10.4 Å². The number of aryl methyl sites for hydroxylation is 1. The van der Waals surface area contributed by atoms with E-state index in [2.05, 4.69) is 10.3 Å². The molecule has 0 aliphatic carbocycles. The largest absolute Gasteiger partial charge is 0.481 e. The van der Waals surface area contributed by atoms with E-state index in [1.165, 1.54) is 12.1 Å². The van der Waals surface area contributed by atoms with Gasteiger partial charge >= 0.3 is 5.97 Å². The highest BCUT2D eigenvalue weighted by atomic mass is 16.4. The number of rotatable bonds is 5. The third-order valence-corrected chi connectivity index (χ3v) is 3.37. The molecule has 6 heteroatoms. The van der Waals surface area contributed by atoms with Crippen molar-refractivity contribution < 1.29 is 14.7 Å². The third-order valence-electron chi connectivity index (χ3n) is 3.37. The Hall–Kier alpha value is -2.42. The van der Waals surface area contributed by atoms with Gasteiger partial charge in [0, 0.05) is 6.54 Å². The summed E-state index contributed by atoms with van der Waals surface area (Å²) >= 11 is 0. The van der Waals surface area contributed by atoms with E-state index in [1.807, 2.05) is 6.07 Å². The van der Waals surface area contributed by atoms with Gasteiger partial charge in [0.15, 0.2) is 0 Å². The average Bonchev–Trinajstić information content (AvgIpc) is 2.43. The summed E-state index contributed by atoms with van der Waals surface area (Å²) in [6.07, 6.45) is 0.405. The van der Waals surface area contributed by atoms with E-state index >= 15 is 0 Å². The topological polar surface area (TPSA) is 103 Å². The van der Waals surface area contributed by atoms with E-state index in [-0.39, 0.29) is 12.2 Å². The molecule has 0 bridgehead atoms. The minimum atomic E-state index is -1.00. The number of amides is 1. The maximum atomic E-state index is 11.9. The van der Waals surface area contributed by atoms with Crippen LogP contribution >= 0.6 is 0 Å². The quantitative estimate of drug-likeness (QED) is 0.847. The highest BCUT2D eigenvalue weighted by Crippen LogP contribution is 2.20. The van der Waals surface area contributed by atoms with Crippen LogP contribution in [0.2, 0.25) is 0 Å². The Morgan fingerprint density at radius 1 is 1.50 bits per heavy atom. The Kier molecular flexibility index (Phi) is 4.81. The van der Waals surface area contributed by atoms with Gasteiger partial charge in [0.1, 0.15) is 11.8 Å². The summed E-state index contributed by atoms with van der Waals surface area (Å²) in [6, 6.07) is 4.94. The van der Waals surface area contributed by atoms with Gasteiger partial charge in [-0.05, 0) is 32.4 Å². The zero-order chi connectivity index (χ0) is 15.3. The molecule has 0 aromatic carbocycles. The smallest absolute Gasteiger partial charge is 0.311 e. The maximum absolute atomic E-state index is 11.9. The highest BCUT2D eigenvalue weighted by molar-refractivity contribution is 5.92. The van der Waals surface area contributed by atoms with Crippen LogP contribution in [-0.2, 0) is 4.79 Å². The first-order valence-electron chi connectivity index (χ1n) is 6.23. The minimum absolute atomic E-state index is 0.0262. The van der Waals surface area contributed by atoms with Crippen molar-refractivity contribution in [3.63, 3.8) is 0 Å². The molecular formula is C14H17N3O3. The van der Waals surface area contributed by atoms with Crippen molar-refractivity contribution >= 4 is 11.9 Å². The van der Waals surface area contributed by atoms with Crippen LogP contribution in [0.4, 0.5) is 0 Å². The summed E-state index contributed by atoms with van der Waals surface area (Å²) in [7, 11) is 0. The number of carbonyl (C=O) groups excluding carboxylic acids is 1. The Labute approximate surface area is 117 Å². The number of carboxylic acid groups (broad SMARTS) is 1. The summed E-state index contributed by atoms with van der Waals surface area (Å²) < 4.78 is 0. The molecule has 0 aliphatic rings. The van der Waals surface area contributed by atoms with Gasteiger partial charge in [-0.1, -0.05) is 6.92 Å². The standard InChI is InChI=1S/C14H17N3O3/c1-4-14(3,13(19)20)8-16-12(18)11-6-5-10(7-15)9(2)17-11/h5-6H,4,8H2,1-3H3,(H,16,18)(H,19,20). The lowest BCUT2D eigenvalue weighted by Crippen LogP contribution is -2.40. The van der Waals surface area contributed by atoms with Crippen molar-refractivity contribution in [1.82, 2.24) is 10.3 Å². The number of hydrogen-bond donors (Lipinski definition) is 2. The molecule has 1 rings (SSSR count). The predicted octanol–water partition coefficient (Wildman–Crippen LogP) is 1.49. The second-order valence-electron chi connectivity index (χ2n) is 4.84. The summed E-state index contributed by atoms with van der Waals surface area (Å²) in [5.41, 5.74) is 0.0459. The van der Waals surface area contributed by atoms with E-state index in [9.17, 15) is 9.59 Å². The number of nitrogens with zero attached hydrogens (tertiary/aromatic N) is 2. The monoisotopic (exact) mass is 275 g/mol. The summed E-state index contributed by atoms with van der Waals surface area (Å²) in [5.74, 6) is -1.40. The first kappa shape index (κ1) is 15.6. The Morgan fingerprint density at radius 3 is 2.60 bits per heavy atom. The average molecular weight is 275 g/mol. The molecule has 1 aromatic rings. The normalized spacial score (nSPS) is 13.1.